The van der Waals surface area contributed by atoms with Crippen LogP contribution in [-0.4, -0.2) is 159 Å². The monoisotopic (exact) mass is 1460 g/mol. The molecule has 0 spiro atoms. The van der Waals surface area contributed by atoms with Gasteiger partial charge in [-0.05, 0) is 77.7 Å². The molecule has 0 radical (unpaired) electrons. The van der Waals surface area contributed by atoms with E-state index in [-0.39, 0.29) is 133 Å². The van der Waals surface area contributed by atoms with Crippen LogP contribution in [0.2, 0.25) is 0 Å². The molecule has 0 amide bonds. The van der Waals surface area contributed by atoms with Gasteiger partial charge in [0.05, 0.1) is 28.7 Å². The van der Waals surface area contributed by atoms with Crippen LogP contribution in [0.5, 0.6) is 149 Å². The summed E-state index contributed by atoms with van der Waals surface area (Å²) in [5.41, 5.74) is -0.576. The lowest BCUT2D eigenvalue weighted by atomic mass is 9.89. The summed E-state index contributed by atoms with van der Waals surface area (Å²) in [6.07, 6.45) is -10.3. The summed E-state index contributed by atoms with van der Waals surface area (Å²) in [4.78, 5) is 39.4. The molecule has 33 heteroatoms. The predicted octanol–water partition coefficient (Wildman–Crippen LogP) is 6.97. The number of fused-ring (bicyclic) bond motifs is 5. The Bertz CT molecular complexity index is 5240. The van der Waals surface area contributed by atoms with Gasteiger partial charge in [-0.25, -0.2) is 9.59 Å². The average Bonchev–Trinajstić information content (AvgIpc) is 1.44. The number of esters is 2. The van der Waals surface area contributed by atoms with Gasteiger partial charge in [-0.2, -0.15) is 0 Å². The highest BCUT2D eigenvalue weighted by molar-refractivity contribution is 5.98. The van der Waals surface area contributed by atoms with E-state index in [1.165, 1.54) is 42.5 Å². The van der Waals surface area contributed by atoms with Crippen LogP contribution in [0, 0.1) is 0 Å². The molecule has 4 aliphatic heterocycles. The van der Waals surface area contributed by atoms with Crippen molar-refractivity contribution in [3.63, 3.8) is 0 Å². The largest absolute Gasteiger partial charge is 0.508 e. The van der Waals surface area contributed by atoms with Crippen LogP contribution in [0.3, 0.4) is 0 Å². The van der Waals surface area contributed by atoms with Gasteiger partial charge >= 0.3 is 11.9 Å². The summed E-state index contributed by atoms with van der Waals surface area (Å²) in [7, 11) is 0. The number of phenolic OH excluding ortho intramolecular Hbond substituents is 21. The molecule has 0 fully saturated rings. The van der Waals surface area contributed by atoms with Crippen molar-refractivity contribution >= 4 is 22.7 Å². The zero-order valence-electron chi connectivity index (χ0n) is 53.9. The average molecular weight is 1470 g/mol. The molecule has 33 nitrogen and oxygen atoms in total. The molecular formula is C73H60O33. The van der Waals surface area contributed by atoms with Gasteiger partial charge in [0.1, 0.15) is 87.3 Å². The van der Waals surface area contributed by atoms with Crippen LogP contribution in [-0.2, 0) is 35.2 Å². The summed E-state index contributed by atoms with van der Waals surface area (Å²) < 4.78 is 34.8. The molecule has 4 heterocycles. The van der Waals surface area contributed by atoms with E-state index in [2.05, 4.69) is 0 Å². The first kappa shape index (κ1) is 71.6. The maximum absolute atomic E-state index is 13.4. The minimum Gasteiger partial charge on any atom is -0.508 e. The molecule has 106 heavy (non-hydrogen) atoms. The summed E-state index contributed by atoms with van der Waals surface area (Å²) in [6.45, 7) is 0. The van der Waals surface area contributed by atoms with Crippen molar-refractivity contribution in [1.82, 2.24) is 0 Å². The van der Waals surface area contributed by atoms with Crippen molar-refractivity contribution in [2.24, 2.45) is 0 Å². The molecular weight excluding hydrogens is 1400 g/mol. The summed E-state index contributed by atoms with van der Waals surface area (Å²) in [5, 5.41) is 240. The highest BCUT2D eigenvalue weighted by Crippen LogP contribution is 2.52. The smallest absolute Gasteiger partial charge is 0.338 e. The Morgan fingerprint density at radius 2 is 0.651 bits per heavy atom. The van der Waals surface area contributed by atoms with E-state index < -0.39 is 163 Å². The molecule has 0 aromatic heterocycles. The molecule has 14 rings (SSSR count). The molecule has 10 aromatic rings. The highest BCUT2D eigenvalue weighted by atomic mass is 16.6. The third kappa shape index (κ3) is 13.8. The fourth-order valence-corrected chi connectivity index (χ4v) is 12.5. The van der Waals surface area contributed by atoms with Crippen molar-refractivity contribution in [2.75, 3.05) is 0 Å². The summed E-state index contributed by atoms with van der Waals surface area (Å²) >= 11 is 0. The number of carbonyl (C=O) groups excluding carboxylic acids is 2. The number of aliphatic hydroxyl groups excluding tert-OH is 2. The minimum atomic E-state index is -1.53. The Labute approximate surface area is 592 Å². The van der Waals surface area contributed by atoms with Crippen LogP contribution in [0.4, 0.5) is 0 Å². The third-order valence-electron chi connectivity index (χ3n) is 17.7. The second kappa shape index (κ2) is 27.6. The SMILES string of the molecule is O=C(O[C@@H]1Cc2c(O)cc(O)cc2O[C@@H]1c1cc(O)c(O)c2c(O)c(=O)cc(C3Oc4cc(O)cc(O)c4CC3O)cc12)c1cc(O)c(O)c(O)c1.O=C(O[C@@H]1Cc2c(O)cc(O)cc2O[C@@H]1c1ccc(O)c(O)c1)c1cc(O)c(O)c(O)c1.Oc1cc(O)c2c(c1)O[C@H](c1cc(O)c(O)c(O)c1)[C@H](O)C2. The normalized spacial score (nSPS) is 18.8. The number of phenols is 21. The maximum Gasteiger partial charge on any atom is 0.338 e. The van der Waals surface area contributed by atoms with Gasteiger partial charge in [-0.1, -0.05) is 6.07 Å². The highest BCUT2D eigenvalue weighted by Gasteiger charge is 2.42. The van der Waals surface area contributed by atoms with Crippen LogP contribution >= 0.6 is 0 Å². The van der Waals surface area contributed by atoms with Gasteiger partial charge in [0.25, 0.3) is 0 Å². The number of aromatic hydroxyl groups is 22. The van der Waals surface area contributed by atoms with Crippen LogP contribution in [0.15, 0.2) is 126 Å². The summed E-state index contributed by atoms with van der Waals surface area (Å²) in [6, 6.07) is 22.0. The van der Waals surface area contributed by atoms with Gasteiger partial charge < -0.3 is 151 Å². The van der Waals surface area contributed by atoms with E-state index in [4.69, 9.17) is 28.4 Å². The van der Waals surface area contributed by atoms with Gasteiger partial charge in [-0.15, -0.1) is 0 Å². The zero-order valence-corrected chi connectivity index (χ0v) is 53.9. The van der Waals surface area contributed by atoms with E-state index >= 15 is 0 Å². The fraction of sp³-hybridized carbons (Fsp3) is 0.164. The van der Waals surface area contributed by atoms with Gasteiger partial charge in [0.2, 0.25) is 5.43 Å². The van der Waals surface area contributed by atoms with Crippen molar-refractivity contribution in [2.45, 2.75) is 74.5 Å². The molecule has 550 valence electrons. The maximum atomic E-state index is 13.4. The first-order chi connectivity index (χ1) is 50.1. The number of benzene rings is 9. The van der Waals surface area contributed by atoms with E-state index in [0.29, 0.717) is 11.1 Å². The fourth-order valence-electron chi connectivity index (χ4n) is 12.5. The summed E-state index contributed by atoms with van der Waals surface area (Å²) in [5.74, 6) is -14.7. The quantitative estimate of drug-likeness (QED) is 0.0539. The standard InChI is InChI=1S/C36H28O16.C22H18O10.C15H14O7/c37-14-5-20(39)18-10-26(45)34(50-27(18)7-14)12-1-16-17(9-25(44)33(48)30(16)32(47)24(43)2-12)35-29(11-19-21(40)6-15(38)8-28(19)51-35)52-36(49)13-3-22(41)31(46)23(42)4-13;23-11-6-14(25)12-8-19(32-22(30)10-4-16(27)20(29)17(28)5-10)21(31-18(12)7-11)9-1-2-13(24)15(26)3-9;16-7-3-9(17)8-5-12(20)15(22-13(8)4-7)6-1-10(18)14(21)11(19)2-6/h1-9,26,29,34-35,37-42,44-46,48H,10-11H2,(H,43,47);1-7,19,21,23-29H,8H2;1-4,12,15-21H,5H2/t26?,29-,34?,35-;19-,21-;12-,15-/m111/s1. The molecule has 0 bridgehead atoms. The number of aliphatic hydroxyl groups is 2. The van der Waals surface area contributed by atoms with E-state index in [1.807, 2.05) is 0 Å². The molecule has 0 saturated carbocycles. The number of hydrogen-bond donors (Lipinski definition) is 24. The Morgan fingerprint density at radius 1 is 0.311 bits per heavy atom. The number of ether oxygens (including phenoxy) is 6. The Balaban J connectivity index is 0.000000165. The van der Waals surface area contributed by atoms with Gasteiger partial charge in [0.15, 0.2) is 98.8 Å². The first-order valence-corrected chi connectivity index (χ1v) is 31.3. The van der Waals surface area contributed by atoms with Gasteiger partial charge in [0, 0.05) is 113 Å². The topological polar surface area (TPSA) is 592 Å². The molecule has 10 aromatic carbocycles. The Kier molecular flexibility index (Phi) is 18.7. The van der Waals surface area contributed by atoms with Crippen molar-refractivity contribution < 1.29 is 161 Å². The number of rotatable bonds is 8. The van der Waals surface area contributed by atoms with Gasteiger partial charge in [-0.3, -0.25) is 4.79 Å². The molecule has 0 saturated heterocycles. The zero-order chi connectivity index (χ0) is 76.5. The lowest BCUT2D eigenvalue weighted by Crippen LogP contribution is -2.35. The van der Waals surface area contributed by atoms with Crippen molar-refractivity contribution in [1.29, 1.82) is 0 Å². The second-order valence-corrected chi connectivity index (χ2v) is 24.8. The van der Waals surface area contributed by atoms with E-state index in [1.54, 1.807) is 0 Å². The first-order valence-electron chi connectivity index (χ1n) is 31.3. The van der Waals surface area contributed by atoms with Crippen LogP contribution in [0.25, 0.3) is 10.8 Å². The second-order valence-electron chi connectivity index (χ2n) is 24.8. The Morgan fingerprint density at radius 3 is 1.06 bits per heavy atom. The minimum absolute atomic E-state index is 0.0221. The molecule has 2 unspecified atom stereocenters. The molecule has 8 atom stereocenters. The lowest BCUT2D eigenvalue weighted by Gasteiger charge is -2.34. The van der Waals surface area contributed by atoms with E-state index in [0.717, 1.165) is 78.9 Å². The van der Waals surface area contributed by atoms with Crippen LogP contribution in [0.1, 0.15) is 89.6 Å². The molecule has 0 aliphatic carbocycles. The van der Waals surface area contributed by atoms with Crippen molar-refractivity contribution in [3.8, 4) is 149 Å². The third-order valence-corrected chi connectivity index (χ3v) is 17.7. The van der Waals surface area contributed by atoms with Crippen LogP contribution < -0.4 is 24.4 Å². The van der Waals surface area contributed by atoms with Crippen molar-refractivity contribution in [3.05, 3.63) is 187 Å². The number of carbonyl (C=O) groups is 2. The molecule has 4 aliphatic rings. The lowest BCUT2D eigenvalue weighted by molar-refractivity contribution is -0.0190. The van der Waals surface area contributed by atoms with E-state index in [9.17, 15) is 137 Å². The Hall–Kier alpha value is -14.2. The predicted molar refractivity (Wildman–Crippen MR) is 357 cm³/mol. The number of hydrogen-bond acceptors (Lipinski definition) is 33. The molecule has 24 N–H and O–H groups in total.